The van der Waals surface area contributed by atoms with E-state index in [1.807, 2.05) is 0 Å². The summed E-state index contributed by atoms with van der Waals surface area (Å²) in [6.07, 6.45) is 0. The van der Waals surface area contributed by atoms with Crippen molar-refractivity contribution < 1.29 is 19.1 Å². The molecule has 0 saturated heterocycles. The van der Waals surface area contributed by atoms with E-state index in [-0.39, 0.29) is 17.1 Å². The number of halogens is 1. The SMILES string of the molecule is Cc1cc(NC(=O)Nc2ccc(C)c(F)c2)c(C(=O)O)[nH]1. The van der Waals surface area contributed by atoms with Gasteiger partial charge in [-0.25, -0.2) is 14.0 Å². The molecule has 2 amide bonds. The van der Waals surface area contributed by atoms with E-state index in [0.717, 1.165) is 0 Å². The fourth-order valence-corrected chi connectivity index (χ4v) is 1.81. The third-order valence-corrected chi connectivity index (χ3v) is 2.84. The van der Waals surface area contributed by atoms with Crippen LogP contribution in [0.3, 0.4) is 0 Å². The molecule has 0 atom stereocenters. The Hall–Kier alpha value is -2.83. The molecular weight excluding hydrogens is 277 g/mol. The van der Waals surface area contributed by atoms with Crippen molar-refractivity contribution in [3.8, 4) is 0 Å². The first kappa shape index (κ1) is 14.6. The second kappa shape index (κ2) is 5.66. The average Bonchev–Trinajstić information content (AvgIpc) is 2.75. The summed E-state index contributed by atoms with van der Waals surface area (Å²) in [7, 11) is 0. The van der Waals surface area contributed by atoms with Crippen molar-refractivity contribution in [3.63, 3.8) is 0 Å². The van der Waals surface area contributed by atoms with Gasteiger partial charge in [0.05, 0.1) is 5.69 Å². The zero-order valence-electron chi connectivity index (χ0n) is 11.5. The third-order valence-electron chi connectivity index (χ3n) is 2.84. The van der Waals surface area contributed by atoms with Crippen molar-refractivity contribution in [2.75, 3.05) is 10.6 Å². The second-order valence-corrected chi connectivity index (χ2v) is 4.59. The van der Waals surface area contributed by atoms with Gasteiger partial charge in [-0.15, -0.1) is 0 Å². The molecule has 1 aromatic carbocycles. The van der Waals surface area contributed by atoms with Gasteiger partial charge in [-0.1, -0.05) is 6.07 Å². The highest BCUT2D eigenvalue weighted by atomic mass is 19.1. The van der Waals surface area contributed by atoms with Crippen LogP contribution in [0.25, 0.3) is 0 Å². The lowest BCUT2D eigenvalue weighted by Crippen LogP contribution is -2.20. The molecule has 6 nitrogen and oxygen atoms in total. The Morgan fingerprint density at radius 3 is 2.52 bits per heavy atom. The topological polar surface area (TPSA) is 94.2 Å². The summed E-state index contributed by atoms with van der Waals surface area (Å²) in [4.78, 5) is 25.4. The lowest BCUT2D eigenvalue weighted by Gasteiger charge is -2.08. The first-order valence-corrected chi connectivity index (χ1v) is 6.14. The minimum absolute atomic E-state index is 0.113. The van der Waals surface area contributed by atoms with E-state index in [1.54, 1.807) is 19.9 Å². The van der Waals surface area contributed by atoms with E-state index in [2.05, 4.69) is 15.6 Å². The number of aromatic nitrogens is 1. The van der Waals surface area contributed by atoms with Crippen molar-refractivity contribution in [1.82, 2.24) is 4.98 Å². The van der Waals surface area contributed by atoms with Crippen molar-refractivity contribution in [2.24, 2.45) is 0 Å². The molecule has 0 radical (unpaired) electrons. The van der Waals surface area contributed by atoms with Crippen molar-refractivity contribution in [3.05, 3.63) is 47.0 Å². The van der Waals surface area contributed by atoms with Gasteiger partial charge >= 0.3 is 12.0 Å². The lowest BCUT2D eigenvalue weighted by atomic mass is 10.2. The molecule has 0 spiro atoms. The van der Waals surface area contributed by atoms with Crippen LogP contribution >= 0.6 is 0 Å². The monoisotopic (exact) mass is 291 g/mol. The summed E-state index contributed by atoms with van der Waals surface area (Å²) < 4.78 is 13.4. The maximum Gasteiger partial charge on any atom is 0.354 e. The number of H-pyrrole nitrogens is 1. The molecule has 0 unspecified atom stereocenters. The maximum absolute atomic E-state index is 13.4. The van der Waals surface area contributed by atoms with Crippen molar-refractivity contribution >= 4 is 23.4 Å². The van der Waals surface area contributed by atoms with Crippen LogP contribution < -0.4 is 10.6 Å². The summed E-state index contributed by atoms with van der Waals surface area (Å²) >= 11 is 0. The maximum atomic E-state index is 13.4. The molecule has 2 aromatic rings. The van der Waals surface area contributed by atoms with Gasteiger partial charge in [-0.2, -0.15) is 0 Å². The van der Waals surface area contributed by atoms with Crippen molar-refractivity contribution in [2.45, 2.75) is 13.8 Å². The van der Waals surface area contributed by atoms with Crippen molar-refractivity contribution in [1.29, 1.82) is 0 Å². The van der Waals surface area contributed by atoms with Crippen LogP contribution in [0.15, 0.2) is 24.3 Å². The van der Waals surface area contributed by atoms with Crippen LogP contribution in [0.4, 0.5) is 20.6 Å². The number of urea groups is 1. The van der Waals surface area contributed by atoms with Crippen LogP contribution in [0, 0.1) is 19.7 Å². The molecule has 0 aliphatic rings. The molecule has 0 aliphatic heterocycles. The van der Waals surface area contributed by atoms with Gasteiger partial charge in [0.2, 0.25) is 0 Å². The molecule has 4 N–H and O–H groups in total. The minimum atomic E-state index is -1.18. The highest BCUT2D eigenvalue weighted by molar-refractivity contribution is 6.04. The summed E-state index contributed by atoms with van der Waals surface area (Å²) in [5, 5.41) is 13.8. The third kappa shape index (κ3) is 3.38. The van der Waals surface area contributed by atoms with E-state index in [4.69, 9.17) is 5.11 Å². The molecule has 110 valence electrons. The Morgan fingerprint density at radius 1 is 1.19 bits per heavy atom. The van der Waals surface area contributed by atoms with Crippen LogP contribution in [0.1, 0.15) is 21.7 Å². The number of aryl methyl sites for hydroxylation is 2. The number of anilines is 2. The Kier molecular flexibility index (Phi) is 3.93. The van der Waals surface area contributed by atoms with Gasteiger partial charge in [0.25, 0.3) is 0 Å². The number of amides is 2. The van der Waals surface area contributed by atoms with Crippen LogP contribution in [0.5, 0.6) is 0 Å². The number of rotatable bonds is 3. The molecule has 1 heterocycles. The van der Waals surface area contributed by atoms with E-state index in [1.165, 1.54) is 18.2 Å². The predicted octanol–water partition coefficient (Wildman–Crippen LogP) is 3.11. The summed E-state index contributed by atoms with van der Waals surface area (Å²) in [5.41, 5.74) is 1.38. The number of carboxylic acid groups (broad SMARTS) is 1. The minimum Gasteiger partial charge on any atom is -0.477 e. The van der Waals surface area contributed by atoms with Gasteiger partial charge in [-0.3, -0.25) is 0 Å². The lowest BCUT2D eigenvalue weighted by molar-refractivity contribution is 0.0692. The van der Waals surface area contributed by atoms with Crippen LogP contribution in [0.2, 0.25) is 0 Å². The summed E-state index contributed by atoms with van der Waals surface area (Å²) in [6.45, 7) is 3.28. The number of carboxylic acids is 1. The van der Waals surface area contributed by atoms with E-state index in [0.29, 0.717) is 11.3 Å². The predicted molar refractivity (Wildman–Crippen MR) is 76.3 cm³/mol. The molecule has 0 aliphatic carbocycles. The number of hydrogen-bond donors (Lipinski definition) is 4. The molecule has 21 heavy (non-hydrogen) atoms. The number of carbonyl (C=O) groups excluding carboxylic acids is 1. The number of nitrogens with one attached hydrogen (secondary N) is 3. The number of carbonyl (C=O) groups is 2. The molecule has 7 heteroatoms. The van der Waals surface area contributed by atoms with Gasteiger partial charge in [0, 0.05) is 11.4 Å². The second-order valence-electron chi connectivity index (χ2n) is 4.59. The summed E-state index contributed by atoms with van der Waals surface area (Å²) in [6, 6.07) is 5.13. The average molecular weight is 291 g/mol. The molecule has 0 bridgehead atoms. The highest BCUT2D eigenvalue weighted by Crippen LogP contribution is 2.18. The first-order valence-electron chi connectivity index (χ1n) is 6.14. The Labute approximate surface area is 120 Å². The van der Waals surface area contributed by atoms with E-state index >= 15 is 0 Å². The fraction of sp³-hybridized carbons (Fsp3) is 0.143. The van der Waals surface area contributed by atoms with Gasteiger partial charge < -0.3 is 20.7 Å². The van der Waals surface area contributed by atoms with Gasteiger partial charge in [0.1, 0.15) is 11.5 Å². The van der Waals surface area contributed by atoms with Gasteiger partial charge in [0.15, 0.2) is 0 Å². The standard InChI is InChI=1S/C14H14FN3O3/c1-7-3-4-9(6-10(7)15)17-14(21)18-11-5-8(2)16-12(11)13(19)20/h3-6,16H,1-2H3,(H,19,20)(H2,17,18,21). The Bertz CT molecular complexity index is 709. The number of hydrogen-bond acceptors (Lipinski definition) is 2. The van der Waals surface area contributed by atoms with E-state index < -0.39 is 17.8 Å². The highest BCUT2D eigenvalue weighted by Gasteiger charge is 2.15. The molecule has 0 fully saturated rings. The summed E-state index contributed by atoms with van der Waals surface area (Å²) in [5.74, 6) is -1.61. The largest absolute Gasteiger partial charge is 0.477 e. The van der Waals surface area contributed by atoms with Crippen LogP contribution in [-0.4, -0.2) is 22.1 Å². The Balaban J connectivity index is 2.11. The first-order chi connectivity index (χ1) is 9.86. The van der Waals surface area contributed by atoms with Gasteiger partial charge in [-0.05, 0) is 37.6 Å². The number of aromatic amines is 1. The smallest absolute Gasteiger partial charge is 0.354 e. The zero-order chi connectivity index (χ0) is 15.6. The normalized spacial score (nSPS) is 10.2. The number of benzene rings is 1. The van der Waals surface area contributed by atoms with E-state index in [9.17, 15) is 14.0 Å². The molecule has 0 saturated carbocycles. The number of aromatic carboxylic acids is 1. The molecule has 1 aromatic heterocycles. The fourth-order valence-electron chi connectivity index (χ4n) is 1.81. The Morgan fingerprint density at radius 2 is 1.90 bits per heavy atom. The van der Waals surface area contributed by atoms with Crippen LogP contribution in [-0.2, 0) is 0 Å². The molecular formula is C14H14FN3O3. The zero-order valence-corrected chi connectivity index (χ0v) is 11.5. The molecule has 2 rings (SSSR count). The quantitative estimate of drug-likeness (QED) is 0.699.